The Hall–Kier alpha value is -1.14. The summed E-state index contributed by atoms with van der Waals surface area (Å²) in [5.41, 5.74) is 0.516. The maximum absolute atomic E-state index is 11.9. The second-order valence-corrected chi connectivity index (χ2v) is 12.5. The number of rotatable bonds is 7. The van der Waals surface area contributed by atoms with Gasteiger partial charge in [-0.15, -0.1) is 0 Å². The largest absolute Gasteiger partial charge is 0.480 e. The molecule has 4 rings (SSSR count). The molecule has 0 unspecified atom stereocenters. The van der Waals surface area contributed by atoms with E-state index in [4.69, 9.17) is 5.11 Å². The minimum Gasteiger partial charge on any atom is -0.480 e. The Bertz CT molecular complexity index is 742. The summed E-state index contributed by atoms with van der Waals surface area (Å²) in [5.74, 6) is 1.95. The second-order valence-electron chi connectivity index (χ2n) is 12.5. The lowest BCUT2D eigenvalue weighted by atomic mass is 9.43. The Balaban J connectivity index is 1.39. The Kier molecular flexibility index (Phi) is 7.18. The average molecular weight is 464 g/mol. The van der Waals surface area contributed by atoms with E-state index < -0.39 is 5.97 Å². The molecule has 0 spiro atoms. The highest BCUT2D eigenvalue weighted by atomic mass is 16.4. The molecule has 0 heterocycles. The zero-order valence-corrected chi connectivity index (χ0v) is 20.8. The molecule has 4 aliphatic rings. The van der Waals surface area contributed by atoms with Crippen LogP contribution in [0.1, 0.15) is 91.4 Å². The molecule has 0 aliphatic heterocycles. The zero-order chi connectivity index (χ0) is 24.0. The Morgan fingerprint density at radius 3 is 2.42 bits per heavy atom. The van der Waals surface area contributed by atoms with Crippen molar-refractivity contribution in [1.29, 1.82) is 0 Å². The van der Waals surface area contributed by atoms with E-state index in [1.807, 2.05) is 0 Å². The third kappa shape index (κ3) is 4.59. The van der Waals surface area contributed by atoms with Gasteiger partial charge in [0.1, 0.15) is 6.54 Å². The molecular weight excluding hydrogens is 418 g/mol. The third-order valence-corrected chi connectivity index (χ3v) is 10.9. The van der Waals surface area contributed by atoms with E-state index in [0.717, 1.165) is 38.5 Å². The average Bonchev–Trinajstić information content (AvgIpc) is 3.10. The van der Waals surface area contributed by atoms with Crippen LogP contribution >= 0.6 is 0 Å². The molecule has 0 saturated heterocycles. The maximum Gasteiger partial charge on any atom is 0.322 e. The molecule has 33 heavy (non-hydrogen) atoms. The maximum atomic E-state index is 11.9. The number of amides is 1. The number of carboxylic acid groups (broad SMARTS) is 1. The number of aliphatic hydroxyl groups is 2. The number of hydrogen-bond donors (Lipinski definition) is 4. The van der Waals surface area contributed by atoms with E-state index in [-0.39, 0.29) is 35.5 Å². The fourth-order valence-electron chi connectivity index (χ4n) is 9.22. The lowest BCUT2D eigenvalue weighted by Crippen LogP contribution is -2.58. The predicted molar refractivity (Wildman–Crippen MR) is 126 cm³/mol. The van der Waals surface area contributed by atoms with Crippen molar-refractivity contribution in [3.05, 3.63) is 0 Å². The van der Waals surface area contributed by atoms with Gasteiger partial charge in [-0.05, 0) is 111 Å². The standard InChI is InChI=1S/C27H45NO5/c1-16(5-4-6-23(31)28-15-24(32)33)19-7-8-20-25-21(10-12-27(19,20)3)26(2)11-9-18(29)13-17(26)14-22(25)30/h16-22,25,29-30H,4-15H2,1-3H3,(H,28,31)(H,32,33)/t16-,17+,18-,19-,20+,21+,22-,25+,26+,27-/m1/s1. The Labute approximate surface area is 198 Å². The Morgan fingerprint density at radius 2 is 1.70 bits per heavy atom. The number of carbonyl (C=O) groups excluding carboxylic acids is 1. The number of nitrogens with one attached hydrogen (secondary N) is 1. The first-order valence-electron chi connectivity index (χ1n) is 13.4. The molecule has 0 bridgehead atoms. The van der Waals surface area contributed by atoms with Crippen LogP contribution in [0.2, 0.25) is 0 Å². The van der Waals surface area contributed by atoms with Gasteiger partial charge in [0.25, 0.3) is 0 Å². The molecule has 0 aromatic carbocycles. The summed E-state index contributed by atoms with van der Waals surface area (Å²) < 4.78 is 0. The van der Waals surface area contributed by atoms with Crippen molar-refractivity contribution >= 4 is 11.9 Å². The zero-order valence-electron chi connectivity index (χ0n) is 20.8. The second kappa shape index (κ2) is 9.49. The lowest BCUT2D eigenvalue weighted by Gasteiger charge is -2.62. The molecule has 6 nitrogen and oxygen atoms in total. The summed E-state index contributed by atoms with van der Waals surface area (Å²) in [7, 11) is 0. The van der Waals surface area contributed by atoms with Crippen LogP contribution in [0.25, 0.3) is 0 Å². The molecule has 1 amide bonds. The van der Waals surface area contributed by atoms with E-state index >= 15 is 0 Å². The van der Waals surface area contributed by atoms with E-state index in [1.165, 1.54) is 25.7 Å². The van der Waals surface area contributed by atoms with Crippen molar-refractivity contribution < 1.29 is 24.9 Å². The van der Waals surface area contributed by atoms with Crippen LogP contribution in [-0.2, 0) is 9.59 Å². The number of hydrogen-bond acceptors (Lipinski definition) is 4. The van der Waals surface area contributed by atoms with Crippen molar-refractivity contribution in [2.75, 3.05) is 6.54 Å². The highest BCUT2D eigenvalue weighted by Gasteiger charge is 2.62. The SMILES string of the molecule is C[C@H](CCCC(=O)NCC(=O)O)[C@H]1CC[C@H]2[C@@H]3[C@H](O)C[C@@H]4C[C@H](O)CC[C@]4(C)[C@H]3CC[C@]12C. The third-order valence-electron chi connectivity index (χ3n) is 10.9. The van der Waals surface area contributed by atoms with Crippen LogP contribution in [0.5, 0.6) is 0 Å². The summed E-state index contributed by atoms with van der Waals surface area (Å²) in [6.07, 6.45) is 10.3. The molecule has 0 aromatic heterocycles. The topological polar surface area (TPSA) is 107 Å². The van der Waals surface area contributed by atoms with Crippen molar-refractivity contribution in [3.63, 3.8) is 0 Å². The van der Waals surface area contributed by atoms with Gasteiger partial charge in [-0.3, -0.25) is 9.59 Å². The fraction of sp³-hybridized carbons (Fsp3) is 0.926. The molecule has 4 aliphatic carbocycles. The smallest absolute Gasteiger partial charge is 0.322 e. The molecule has 6 heteroatoms. The van der Waals surface area contributed by atoms with Crippen molar-refractivity contribution in [1.82, 2.24) is 5.32 Å². The number of carbonyl (C=O) groups is 2. The van der Waals surface area contributed by atoms with Gasteiger partial charge < -0.3 is 20.6 Å². The number of carboxylic acids is 1. The van der Waals surface area contributed by atoms with Gasteiger partial charge in [0, 0.05) is 6.42 Å². The summed E-state index contributed by atoms with van der Waals surface area (Å²) in [4.78, 5) is 22.5. The fourth-order valence-corrected chi connectivity index (χ4v) is 9.22. The summed E-state index contributed by atoms with van der Waals surface area (Å²) in [6, 6.07) is 0. The van der Waals surface area contributed by atoms with Crippen LogP contribution in [0, 0.1) is 46.3 Å². The number of aliphatic carboxylic acids is 1. The number of aliphatic hydroxyl groups excluding tert-OH is 2. The highest BCUT2D eigenvalue weighted by molar-refractivity contribution is 5.80. The van der Waals surface area contributed by atoms with Crippen LogP contribution in [-0.4, -0.2) is 45.9 Å². The van der Waals surface area contributed by atoms with Gasteiger partial charge in [-0.2, -0.15) is 0 Å². The normalized spacial score (nSPS) is 45.4. The van der Waals surface area contributed by atoms with Crippen LogP contribution < -0.4 is 5.32 Å². The van der Waals surface area contributed by atoms with Gasteiger partial charge >= 0.3 is 5.97 Å². The lowest BCUT2D eigenvalue weighted by molar-refractivity contribution is -0.174. The van der Waals surface area contributed by atoms with Crippen molar-refractivity contribution in [2.45, 2.75) is 104 Å². The molecule has 4 saturated carbocycles. The first kappa shape index (κ1) is 25.0. The quantitative estimate of drug-likeness (QED) is 0.457. The Morgan fingerprint density at radius 1 is 1.00 bits per heavy atom. The molecule has 0 aromatic rings. The van der Waals surface area contributed by atoms with E-state index in [0.29, 0.717) is 41.9 Å². The van der Waals surface area contributed by atoms with Crippen molar-refractivity contribution in [2.24, 2.45) is 46.3 Å². The summed E-state index contributed by atoms with van der Waals surface area (Å²) in [5, 5.41) is 32.8. The number of fused-ring (bicyclic) bond motifs is 5. The van der Waals surface area contributed by atoms with Crippen LogP contribution in [0.15, 0.2) is 0 Å². The van der Waals surface area contributed by atoms with Gasteiger partial charge in [-0.1, -0.05) is 20.8 Å². The van der Waals surface area contributed by atoms with Gasteiger partial charge in [0.05, 0.1) is 12.2 Å². The molecule has 4 fully saturated rings. The van der Waals surface area contributed by atoms with Gasteiger partial charge in [-0.25, -0.2) is 0 Å². The van der Waals surface area contributed by atoms with Crippen molar-refractivity contribution in [3.8, 4) is 0 Å². The molecule has 188 valence electrons. The predicted octanol–water partition coefficient (Wildman–Crippen LogP) is 3.98. The minimum atomic E-state index is -1.01. The van der Waals surface area contributed by atoms with E-state index in [9.17, 15) is 19.8 Å². The monoisotopic (exact) mass is 463 g/mol. The van der Waals surface area contributed by atoms with Crippen LogP contribution in [0.3, 0.4) is 0 Å². The molecule has 4 N–H and O–H groups in total. The van der Waals surface area contributed by atoms with Gasteiger partial charge in [0.2, 0.25) is 5.91 Å². The molecular formula is C27H45NO5. The highest BCUT2D eigenvalue weighted by Crippen LogP contribution is 2.68. The van der Waals surface area contributed by atoms with Crippen LogP contribution in [0.4, 0.5) is 0 Å². The van der Waals surface area contributed by atoms with Gasteiger partial charge in [0.15, 0.2) is 0 Å². The first-order valence-corrected chi connectivity index (χ1v) is 13.4. The molecule has 10 atom stereocenters. The minimum absolute atomic E-state index is 0.175. The summed E-state index contributed by atoms with van der Waals surface area (Å²) >= 11 is 0. The van der Waals surface area contributed by atoms with E-state index in [2.05, 4.69) is 26.1 Å². The van der Waals surface area contributed by atoms with E-state index in [1.54, 1.807) is 0 Å². The molecule has 0 radical (unpaired) electrons. The first-order chi connectivity index (χ1) is 15.6. The summed E-state index contributed by atoms with van der Waals surface area (Å²) in [6.45, 7) is 6.96.